The molecule has 2 unspecified atom stereocenters. The van der Waals surface area contributed by atoms with Gasteiger partial charge in [-0.15, -0.1) is 0 Å². The Labute approximate surface area is 169 Å². The number of nitrogens with two attached hydrogens (primary N) is 1. The van der Waals surface area contributed by atoms with Crippen molar-refractivity contribution in [1.82, 2.24) is 4.90 Å². The van der Waals surface area contributed by atoms with E-state index < -0.39 is 5.92 Å². The third-order valence-electron chi connectivity index (χ3n) is 5.78. The van der Waals surface area contributed by atoms with Crippen LogP contribution < -0.4 is 5.73 Å². The molecular weight excluding hydrogens is 350 g/mol. The lowest BCUT2D eigenvalue weighted by Crippen LogP contribution is -2.50. The largest absolute Gasteiger partial charge is 0.376 e. The molecule has 1 amide bonds. The molecule has 0 aromatic heterocycles. The Bertz CT molecular complexity index is 701. The summed E-state index contributed by atoms with van der Waals surface area (Å²) in [5, 5.41) is 7.97. The molecule has 154 valence electrons. The molecule has 0 aromatic rings. The molecule has 5 heteroatoms. The van der Waals surface area contributed by atoms with Gasteiger partial charge in [-0.05, 0) is 50.5 Å². The van der Waals surface area contributed by atoms with Crippen LogP contribution in [0.15, 0.2) is 23.8 Å². The highest BCUT2D eigenvalue weighted by atomic mass is 16.5. The van der Waals surface area contributed by atoms with E-state index in [0.717, 1.165) is 30.4 Å². The fourth-order valence-corrected chi connectivity index (χ4v) is 3.62. The first kappa shape index (κ1) is 22.2. The highest BCUT2D eigenvalue weighted by Crippen LogP contribution is 2.37. The Morgan fingerprint density at radius 2 is 2.11 bits per heavy atom. The van der Waals surface area contributed by atoms with Crippen molar-refractivity contribution in [1.29, 1.82) is 5.41 Å². The fraction of sp³-hybridized carbons (Fsp3) is 0.652. The third-order valence-corrected chi connectivity index (χ3v) is 5.78. The topological polar surface area (TPSA) is 79.4 Å². The number of amides is 1. The summed E-state index contributed by atoms with van der Waals surface area (Å²) in [5.74, 6) is 6.07. The number of allylic oxidation sites excluding steroid dienone is 2. The Hall–Kier alpha value is -2.06. The second-order valence-electron chi connectivity index (χ2n) is 8.70. The van der Waals surface area contributed by atoms with Gasteiger partial charge in [-0.25, -0.2) is 0 Å². The number of nitrogens with one attached hydrogen (secondary N) is 1. The Balaban J connectivity index is 2.26. The van der Waals surface area contributed by atoms with Gasteiger partial charge < -0.3 is 10.5 Å². The second kappa shape index (κ2) is 9.43. The number of carbonyl (C=O) groups is 1. The van der Waals surface area contributed by atoms with Crippen LogP contribution >= 0.6 is 0 Å². The van der Waals surface area contributed by atoms with Gasteiger partial charge in [-0.2, -0.15) is 0 Å². The van der Waals surface area contributed by atoms with Crippen LogP contribution in [0, 0.1) is 34.5 Å². The average Bonchev–Trinajstić information content (AvgIpc) is 3.31. The molecule has 28 heavy (non-hydrogen) atoms. The maximum atomic E-state index is 13.5. The zero-order chi connectivity index (χ0) is 20.9. The number of nitrogens with zero attached hydrogens (tertiary/aromatic N) is 1. The molecule has 1 aliphatic carbocycles. The molecule has 1 saturated carbocycles. The number of carbonyl (C=O) groups excluding carboxylic acids is 1. The second-order valence-corrected chi connectivity index (χ2v) is 8.70. The Morgan fingerprint density at radius 1 is 1.43 bits per heavy atom. The van der Waals surface area contributed by atoms with Gasteiger partial charge in [0.25, 0.3) is 0 Å². The normalized spacial score (nSPS) is 20.9. The van der Waals surface area contributed by atoms with E-state index in [1.807, 2.05) is 13.0 Å². The third kappa shape index (κ3) is 5.97. The van der Waals surface area contributed by atoms with Crippen LogP contribution in [0.25, 0.3) is 0 Å². The van der Waals surface area contributed by atoms with E-state index >= 15 is 0 Å². The summed E-state index contributed by atoms with van der Waals surface area (Å²) in [4.78, 5) is 14.9. The van der Waals surface area contributed by atoms with Crippen molar-refractivity contribution in [2.75, 3.05) is 13.2 Å². The lowest BCUT2D eigenvalue weighted by molar-refractivity contribution is -0.135. The molecule has 1 saturated heterocycles. The van der Waals surface area contributed by atoms with Gasteiger partial charge in [0, 0.05) is 18.1 Å². The molecule has 5 nitrogen and oxygen atoms in total. The summed E-state index contributed by atoms with van der Waals surface area (Å²) < 4.78 is 5.67. The first-order chi connectivity index (χ1) is 13.2. The number of ether oxygens (including phenoxy) is 1. The van der Waals surface area contributed by atoms with Crippen LogP contribution in [0.3, 0.4) is 0 Å². The molecule has 3 N–H and O–H groups in total. The molecule has 2 fully saturated rings. The van der Waals surface area contributed by atoms with Crippen molar-refractivity contribution in [3.05, 3.63) is 23.8 Å². The molecule has 0 aromatic carbocycles. The fourth-order valence-electron chi connectivity index (χ4n) is 3.62. The number of guanidine groups is 1. The van der Waals surface area contributed by atoms with Crippen LogP contribution in [-0.4, -0.2) is 36.0 Å². The smallest absolute Gasteiger partial charge is 0.237 e. The first-order valence-electron chi connectivity index (χ1n) is 10.3. The zero-order valence-electron chi connectivity index (χ0n) is 17.8. The van der Waals surface area contributed by atoms with Crippen molar-refractivity contribution < 1.29 is 9.53 Å². The van der Waals surface area contributed by atoms with Gasteiger partial charge in [0.15, 0.2) is 5.96 Å². The van der Waals surface area contributed by atoms with Crippen LogP contribution in [0.5, 0.6) is 0 Å². The maximum absolute atomic E-state index is 13.5. The summed E-state index contributed by atoms with van der Waals surface area (Å²) in [6, 6.07) is 0. The molecule has 0 spiro atoms. The summed E-state index contributed by atoms with van der Waals surface area (Å²) in [5.41, 5.74) is 7.15. The predicted molar refractivity (Wildman–Crippen MR) is 114 cm³/mol. The maximum Gasteiger partial charge on any atom is 0.237 e. The zero-order valence-corrected chi connectivity index (χ0v) is 17.8. The van der Waals surface area contributed by atoms with Gasteiger partial charge in [0.2, 0.25) is 5.91 Å². The number of rotatable bonds is 7. The van der Waals surface area contributed by atoms with Gasteiger partial charge in [0.1, 0.15) is 0 Å². The minimum atomic E-state index is -0.401. The lowest BCUT2D eigenvalue weighted by Gasteiger charge is -2.37. The van der Waals surface area contributed by atoms with E-state index in [4.69, 9.17) is 15.9 Å². The molecule has 2 rings (SSSR count). The molecule has 2 aliphatic rings. The van der Waals surface area contributed by atoms with E-state index in [9.17, 15) is 4.79 Å². The van der Waals surface area contributed by atoms with Crippen LogP contribution in [0.1, 0.15) is 59.8 Å². The SMILES string of the molecule is C=C(C#CC1CC1)/C=C(\C)C(C(=O)N(CC1CCCO1)C(=N)N)C(C)(C)CC. The minimum Gasteiger partial charge on any atom is -0.376 e. The quantitative estimate of drug-likeness (QED) is 0.302. The number of hydrogen-bond donors (Lipinski definition) is 2. The van der Waals surface area contributed by atoms with Crippen molar-refractivity contribution in [2.24, 2.45) is 23.0 Å². The minimum absolute atomic E-state index is 0.0538. The average molecular weight is 386 g/mol. The van der Waals surface area contributed by atoms with Crippen molar-refractivity contribution in [3.8, 4) is 11.8 Å². The van der Waals surface area contributed by atoms with E-state index in [0.29, 0.717) is 19.1 Å². The number of hydrogen-bond acceptors (Lipinski definition) is 3. The van der Waals surface area contributed by atoms with E-state index in [-0.39, 0.29) is 23.4 Å². The van der Waals surface area contributed by atoms with Crippen LogP contribution in [0.4, 0.5) is 0 Å². The van der Waals surface area contributed by atoms with Gasteiger partial charge >= 0.3 is 0 Å². The lowest BCUT2D eigenvalue weighted by atomic mass is 9.72. The molecule has 0 radical (unpaired) electrons. The summed E-state index contributed by atoms with van der Waals surface area (Å²) >= 11 is 0. The molecular formula is C23H35N3O2. The highest BCUT2D eigenvalue weighted by molar-refractivity contribution is 5.97. The van der Waals surface area contributed by atoms with E-state index in [1.54, 1.807) is 0 Å². The van der Waals surface area contributed by atoms with Gasteiger partial charge in [-0.1, -0.05) is 44.8 Å². The van der Waals surface area contributed by atoms with Gasteiger partial charge in [-0.3, -0.25) is 15.1 Å². The Kier molecular flexibility index (Phi) is 7.48. The van der Waals surface area contributed by atoms with Crippen molar-refractivity contribution in [3.63, 3.8) is 0 Å². The van der Waals surface area contributed by atoms with E-state index in [2.05, 4.69) is 39.2 Å². The van der Waals surface area contributed by atoms with E-state index in [1.165, 1.54) is 17.7 Å². The molecule has 0 bridgehead atoms. The monoisotopic (exact) mass is 385 g/mol. The van der Waals surface area contributed by atoms with Crippen LogP contribution in [-0.2, 0) is 9.53 Å². The molecule has 2 atom stereocenters. The van der Waals surface area contributed by atoms with Gasteiger partial charge in [0.05, 0.1) is 18.6 Å². The standard InChI is InChI=1S/C23H35N3O2/c1-6-23(4,5)20(17(3)14-16(2)9-10-18-11-12-18)21(27)26(22(24)25)15-19-8-7-13-28-19/h14,18-20H,2,6-8,11-13,15H2,1,3-5H3,(H3,24,25)/b17-14+. The van der Waals surface area contributed by atoms with Crippen LogP contribution in [0.2, 0.25) is 0 Å². The van der Waals surface area contributed by atoms with Crippen molar-refractivity contribution in [2.45, 2.75) is 65.9 Å². The summed E-state index contributed by atoms with van der Waals surface area (Å²) in [6.45, 7) is 13.3. The molecule has 1 heterocycles. The highest BCUT2D eigenvalue weighted by Gasteiger charge is 2.39. The Morgan fingerprint density at radius 3 is 2.61 bits per heavy atom. The molecule has 1 aliphatic heterocycles. The predicted octanol–water partition coefficient (Wildman–Crippen LogP) is 3.86. The summed E-state index contributed by atoms with van der Waals surface area (Å²) in [6.07, 6.45) is 6.89. The van der Waals surface area contributed by atoms with Crippen molar-refractivity contribution >= 4 is 11.9 Å². The first-order valence-corrected chi connectivity index (χ1v) is 10.3. The summed E-state index contributed by atoms with van der Waals surface area (Å²) in [7, 11) is 0.